The third-order valence-electron chi connectivity index (χ3n) is 3.17. The molecule has 0 aliphatic rings. The van der Waals surface area contributed by atoms with Gasteiger partial charge in [0.1, 0.15) is 0 Å². The lowest BCUT2D eigenvalue weighted by Gasteiger charge is -2.07. The van der Waals surface area contributed by atoms with Crippen molar-refractivity contribution in [1.82, 2.24) is 0 Å². The number of anilines is 1. The Morgan fingerprint density at radius 3 is 2.52 bits per heavy atom. The van der Waals surface area contributed by atoms with Gasteiger partial charge in [0.05, 0.1) is 17.1 Å². The van der Waals surface area contributed by atoms with E-state index in [1.54, 1.807) is 25.3 Å². The second kappa shape index (κ2) is 8.55. The molecule has 130 valence electrons. The van der Waals surface area contributed by atoms with Crippen LogP contribution in [0.15, 0.2) is 48.5 Å². The predicted octanol–water partition coefficient (Wildman–Crippen LogP) is 2.54. The maximum Gasteiger partial charge on any atom is 0.338 e. The van der Waals surface area contributed by atoms with E-state index in [9.17, 15) is 19.7 Å². The van der Waals surface area contributed by atoms with Gasteiger partial charge in [-0.05, 0) is 29.8 Å². The molecule has 8 heteroatoms. The van der Waals surface area contributed by atoms with Gasteiger partial charge in [0.25, 0.3) is 11.6 Å². The molecule has 0 aliphatic carbocycles. The maximum absolute atomic E-state index is 12.0. The lowest BCUT2D eigenvalue weighted by Crippen LogP contribution is -2.21. The van der Waals surface area contributed by atoms with Crippen molar-refractivity contribution in [2.45, 2.75) is 6.61 Å². The van der Waals surface area contributed by atoms with Crippen molar-refractivity contribution in [2.24, 2.45) is 0 Å². The Morgan fingerprint density at radius 2 is 1.88 bits per heavy atom. The molecule has 0 radical (unpaired) electrons. The third kappa shape index (κ3) is 5.40. The molecule has 0 atom stereocenters. The van der Waals surface area contributed by atoms with E-state index in [2.05, 4.69) is 5.32 Å². The SMILES string of the molecule is COCc1cccc(C(=O)OCC(=O)Nc2ccc([N+](=O)[O-])cc2)c1. The Bertz CT molecular complexity index is 773. The van der Waals surface area contributed by atoms with Gasteiger partial charge in [-0.15, -0.1) is 0 Å². The molecule has 0 aromatic heterocycles. The lowest BCUT2D eigenvalue weighted by molar-refractivity contribution is -0.384. The molecule has 1 amide bonds. The number of nitrogens with zero attached hydrogens (tertiary/aromatic N) is 1. The van der Waals surface area contributed by atoms with Crippen LogP contribution in [0.2, 0.25) is 0 Å². The van der Waals surface area contributed by atoms with Crippen molar-refractivity contribution in [2.75, 3.05) is 19.0 Å². The highest BCUT2D eigenvalue weighted by Gasteiger charge is 2.11. The molecule has 2 rings (SSSR count). The van der Waals surface area contributed by atoms with Gasteiger partial charge in [0.2, 0.25) is 0 Å². The highest BCUT2D eigenvalue weighted by Crippen LogP contribution is 2.15. The van der Waals surface area contributed by atoms with Crippen LogP contribution in [-0.4, -0.2) is 30.5 Å². The van der Waals surface area contributed by atoms with Gasteiger partial charge in [0, 0.05) is 24.9 Å². The van der Waals surface area contributed by atoms with Gasteiger partial charge in [-0.1, -0.05) is 12.1 Å². The normalized spacial score (nSPS) is 10.1. The molecule has 1 N–H and O–H groups in total. The van der Waals surface area contributed by atoms with Crippen molar-refractivity contribution >= 4 is 23.3 Å². The van der Waals surface area contributed by atoms with E-state index >= 15 is 0 Å². The zero-order valence-corrected chi connectivity index (χ0v) is 13.4. The molecule has 0 bridgehead atoms. The van der Waals surface area contributed by atoms with Crippen molar-refractivity contribution in [1.29, 1.82) is 0 Å². The second-order valence-corrected chi connectivity index (χ2v) is 5.06. The molecular formula is C17H16N2O6. The fourth-order valence-electron chi connectivity index (χ4n) is 2.03. The Balaban J connectivity index is 1.87. The number of methoxy groups -OCH3 is 1. The number of rotatable bonds is 7. The van der Waals surface area contributed by atoms with E-state index in [1.165, 1.54) is 24.3 Å². The Hall–Kier alpha value is -3.26. The third-order valence-corrected chi connectivity index (χ3v) is 3.17. The summed E-state index contributed by atoms with van der Waals surface area (Å²) in [5, 5.41) is 13.1. The van der Waals surface area contributed by atoms with Crippen LogP contribution in [0.5, 0.6) is 0 Å². The molecule has 2 aromatic carbocycles. The zero-order valence-electron chi connectivity index (χ0n) is 13.4. The standard InChI is InChI=1S/C17H16N2O6/c1-24-10-12-3-2-4-13(9-12)17(21)25-11-16(20)18-14-5-7-15(8-6-14)19(22)23/h2-9H,10-11H2,1H3,(H,18,20). The molecule has 0 unspecified atom stereocenters. The molecule has 0 fully saturated rings. The van der Waals surface area contributed by atoms with Gasteiger partial charge < -0.3 is 14.8 Å². The first kappa shape index (κ1) is 18.1. The first-order chi connectivity index (χ1) is 12.0. The highest BCUT2D eigenvalue weighted by molar-refractivity contribution is 5.95. The Kier molecular flexibility index (Phi) is 6.19. The van der Waals surface area contributed by atoms with Crippen molar-refractivity contribution in [3.05, 3.63) is 69.8 Å². The summed E-state index contributed by atoms with van der Waals surface area (Å²) >= 11 is 0. The smallest absolute Gasteiger partial charge is 0.338 e. The van der Waals surface area contributed by atoms with E-state index in [0.29, 0.717) is 17.9 Å². The van der Waals surface area contributed by atoms with Crippen molar-refractivity contribution < 1.29 is 24.0 Å². The van der Waals surface area contributed by atoms with Crippen LogP contribution in [-0.2, 0) is 20.9 Å². The van der Waals surface area contributed by atoms with E-state index in [-0.39, 0.29) is 5.69 Å². The first-order valence-electron chi connectivity index (χ1n) is 7.29. The summed E-state index contributed by atoms with van der Waals surface area (Å²) in [6, 6.07) is 12.0. The summed E-state index contributed by atoms with van der Waals surface area (Å²) in [7, 11) is 1.55. The van der Waals surface area contributed by atoms with Crippen LogP contribution < -0.4 is 5.32 Å². The van der Waals surface area contributed by atoms with Crippen molar-refractivity contribution in [3.8, 4) is 0 Å². The minimum absolute atomic E-state index is 0.0830. The highest BCUT2D eigenvalue weighted by atomic mass is 16.6. The summed E-state index contributed by atoms with van der Waals surface area (Å²) in [6.45, 7) is -0.105. The van der Waals surface area contributed by atoms with Crippen LogP contribution in [0.1, 0.15) is 15.9 Å². The average Bonchev–Trinajstić information content (AvgIpc) is 2.60. The maximum atomic E-state index is 12.0. The number of nitrogens with one attached hydrogen (secondary N) is 1. The quantitative estimate of drug-likeness (QED) is 0.470. The van der Waals surface area contributed by atoms with Crippen LogP contribution in [0, 0.1) is 10.1 Å². The molecule has 0 aliphatic heterocycles. The summed E-state index contributed by atoms with van der Waals surface area (Å²) < 4.78 is 9.95. The van der Waals surface area contributed by atoms with Crippen LogP contribution in [0.4, 0.5) is 11.4 Å². The zero-order chi connectivity index (χ0) is 18.2. The number of amides is 1. The van der Waals surface area contributed by atoms with E-state index in [1.807, 2.05) is 6.07 Å². The van der Waals surface area contributed by atoms with Crippen LogP contribution >= 0.6 is 0 Å². The van der Waals surface area contributed by atoms with Gasteiger partial charge >= 0.3 is 5.97 Å². The fourth-order valence-corrected chi connectivity index (χ4v) is 2.03. The summed E-state index contributed by atoms with van der Waals surface area (Å²) in [6.07, 6.45) is 0. The molecule has 0 saturated heterocycles. The van der Waals surface area contributed by atoms with Gasteiger partial charge in [0.15, 0.2) is 6.61 Å². The summed E-state index contributed by atoms with van der Waals surface area (Å²) in [5.41, 5.74) is 1.42. The van der Waals surface area contributed by atoms with Crippen molar-refractivity contribution in [3.63, 3.8) is 0 Å². The molecule has 0 spiro atoms. The van der Waals surface area contributed by atoms with E-state index in [4.69, 9.17) is 9.47 Å². The van der Waals surface area contributed by atoms with E-state index in [0.717, 1.165) is 5.56 Å². The lowest BCUT2D eigenvalue weighted by atomic mass is 10.1. The summed E-state index contributed by atoms with van der Waals surface area (Å²) in [5.74, 6) is -1.17. The summed E-state index contributed by atoms with van der Waals surface area (Å²) in [4.78, 5) is 33.8. The Morgan fingerprint density at radius 1 is 1.16 bits per heavy atom. The number of ether oxygens (including phenoxy) is 2. The average molecular weight is 344 g/mol. The van der Waals surface area contributed by atoms with Gasteiger partial charge in [-0.2, -0.15) is 0 Å². The molecular weight excluding hydrogens is 328 g/mol. The number of carbonyl (C=O) groups excluding carboxylic acids is 2. The predicted molar refractivity (Wildman–Crippen MR) is 89.2 cm³/mol. The minimum Gasteiger partial charge on any atom is -0.452 e. The van der Waals surface area contributed by atoms with Gasteiger partial charge in [-0.25, -0.2) is 4.79 Å². The number of nitro groups is 1. The monoisotopic (exact) mass is 344 g/mol. The van der Waals surface area contributed by atoms with Crippen LogP contribution in [0.25, 0.3) is 0 Å². The number of hydrogen-bond acceptors (Lipinski definition) is 6. The number of nitro benzene ring substituents is 1. The van der Waals surface area contributed by atoms with Gasteiger partial charge in [-0.3, -0.25) is 14.9 Å². The Labute approximate surface area is 143 Å². The number of esters is 1. The molecule has 8 nitrogen and oxygen atoms in total. The molecule has 25 heavy (non-hydrogen) atoms. The topological polar surface area (TPSA) is 108 Å². The molecule has 0 saturated carbocycles. The number of hydrogen-bond donors (Lipinski definition) is 1. The minimum atomic E-state index is -0.628. The van der Waals surface area contributed by atoms with Crippen LogP contribution in [0.3, 0.4) is 0 Å². The number of carbonyl (C=O) groups is 2. The fraction of sp³-hybridized carbons (Fsp3) is 0.176. The van der Waals surface area contributed by atoms with E-state index < -0.39 is 23.4 Å². The molecule has 0 heterocycles. The number of non-ortho nitro benzene ring substituents is 1. The molecule has 2 aromatic rings. The number of benzene rings is 2. The second-order valence-electron chi connectivity index (χ2n) is 5.06. The first-order valence-corrected chi connectivity index (χ1v) is 7.29. The largest absolute Gasteiger partial charge is 0.452 e.